The van der Waals surface area contributed by atoms with Gasteiger partial charge in [0.1, 0.15) is 4.90 Å². The average Bonchev–Trinajstić information content (AvgIpc) is 2.36. The quantitative estimate of drug-likeness (QED) is 0.831. The number of nitrogens with zero attached hydrogens (tertiary/aromatic N) is 1. The number of hydrogen-bond donors (Lipinski definition) is 1. The molecule has 0 radical (unpaired) electrons. The van der Waals surface area contributed by atoms with E-state index < -0.39 is 10.0 Å². The number of sulfonamides is 1. The number of aryl methyl sites for hydroxylation is 1. The van der Waals surface area contributed by atoms with Gasteiger partial charge in [0, 0.05) is 23.4 Å². The smallest absolute Gasteiger partial charge is 0.243 e. The lowest BCUT2D eigenvalue weighted by Gasteiger charge is -2.11. The fraction of sp³-hybridized carbons (Fsp3) is 0.154. The van der Waals surface area contributed by atoms with Gasteiger partial charge >= 0.3 is 0 Å². The maximum absolute atomic E-state index is 12.4. The fourth-order valence-electron chi connectivity index (χ4n) is 1.71. The van der Waals surface area contributed by atoms with Gasteiger partial charge in [0.05, 0.1) is 10.0 Å². The fourth-order valence-corrected chi connectivity index (χ4v) is 4.65. The Balaban J connectivity index is 2.30. The molecule has 1 aromatic carbocycles. The Bertz CT molecular complexity index is 758. The van der Waals surface area contributed by atoms with Gasteiger partial charge in [0.2, 0.25) is 10.0 Å². The summed E-state index contributed by atoms with van der Waals surface area (Å²) in [5, 5.41) is 0.120. The molecule has 0 spiro atoms. The summed E-state index contributed by atoms with van der Waals surface area (Å²) in [6.07, 6.45) is 3.26. The van der Waals surface area contributed by atoms with E-state index in [-0.39, 0.29) is 21.5 Å². The molecule has 112 valence electrons. The third-order valence-electron chi connectivity index (χ3n) is 2.83. The van der Waals surface area contributed by atoms with Crippen LogP contribution in [0.1, 0.15) is 11.1 Å². The van der Waals surface area contributed by atoms with Gasteiger partial charge in [-0.05, 0) is 36.2 Å². The Morgan fingerprint density at radius 1 is 1.29 bits per heavy atom. The second-order valence-corrected chi connectivity index (χ2v) is 7.76. The second kappa shape index (κ2) is 6.62. The third-order valence-corrected chi connectivity index (χ3v) is 5.61. The first-order valence-corrected chi connectivity index (χ1v) is 8.88. The van der Waals surface area contributed by atoms with Crippen LogP contribution in [0, 0.1) is 6.92 Å². The normalized spacial score (nSPS) is 11.6. The van der Waals surface area contributed by atoms with Gasteiger partial charge in [-0.3, -0.25) is 4.98 Å². The summed E-state index contributed by atoms with van der Waals surface area (Å²) in [7, 11) is -3.82. The van der Waals surface area contributed by atoms with Crippen LogP contribution in [0.5, 0.6) is 0 Å². The van der Waals surface area contributed by atoms with Crippen LogP contribution in [0.2, 0.25) is 10.0 Å². The molecule has 2 rings (SSSR count). The standard InChI is InChI=1S/C13H11BrCl2N2O2S/c1-8-2-3-17-6-9(8)7-18-21(19,20)13-11(15)4-10(14)5-12(13)16/h2-6,18H,7H2,1H3. The highest BCUT2D eigenvalue weighted by Crippen LogP contribution is 2.32. The van der Waals surface area contributed by atoms with Crippen LogP contribution in [0.25, 0.3) is 0 Å². The van der Waals surface area contributed by atoms with E-state index in [1.54, 1.807) is 12.4 Å². The zero-order valence-corrected chi connectivity index (χ0v) is 14.8. The number of rotatable bonds is 4. The van der Waals surface area contributed by atoms with Crippen molar-refractivity contribution in [2.45, 2.75) is 18.4 Å². The highest BCUT2D eigenvalue weighted by atomic mass is 79.9. The van der Waals surface area contributed by atoms with Crippen molar-refractivity contribution < 1.29 is 8.42 Å². The van der Waals surface area contributed by atoms with Gasteiger partial charge in [0.25, 0.3) is 0 Å². The summed E-state index contributed by atoms with van der Waals surface area (Å²) < 4.78 is 27.8. The maximum Gasteiger partial charge on any atom is 0.243 e. The Morgan fingerprint density at radius 2 is 1.90 bits per heavy atom. The van der Waals surface area contributed by atoms with E-state index in [4.69, 9.17) is 23.2 Å². The van der Waals surface area contributed by atoms with Crippen LogP contribution < -0.4 is 4.72 Å². The molecule has 0 aliphatic carbocycles. The van der Waals surface area contributed by atoms with Gasteiger partial charge in [-0.15, -0.1) is 0 Å². The van der Waals surface area contributed by atoms with Crippen molar-refractivity contribution in [3.05, 3.63) is 56.2 Å². The van der Waals surface area contributed by atoms with Crippen LogP contribution in [0.3, 0.4) is 0 Å². The molecule has 0 fully saturated rings. The van der Waals surface area contributed by atoms with Gasteiger partial charge in [0.15, 0.2) is 0 Å². The van der Waals surface area contributed by atoms with Gasteiger partial charge in [-0.2, -0.15) is 0 Å². The van der Waals surface area contributed by atoms with E-state index in [2.05, 4.69) is 25.6 Å². The minimum atomic E-state index is -3.82. The molecule has 21 heavy (non-hydrogen) atoms. The minimum absolute atomic E-state index is 0.0600. The molecule has 0 atom stereocenters. The van der Waals surface area contributed by atoms with E-state index in [1.165, 1.54) is 12.1 Å². The first-order valence-electron chi connectivity index (χ1n) is 5.85. The van der Waals surface area contributed by atoms with Crippen LogP contribution in [0.4, 0.5) is 0 Å². The molecule has 0 amide bonds. The summed E-state index contributed by atoms with van der Waals surface area (Å²) in [6, 6.07) is 4.78. The number of halogens is 3. The van der Waals surface area contributed by atoms with Crippen molar-refractivity contribution >= 4 is 49.2 Å². The van der Waals surface area contributed by atoms with E-state index in [0.29, 0.717) is 4.47 Å². The summed E-state index contributed by atoms with van der Waals surface area (Å²) in [5.41, 5.74) is 1.73. The average molecular weight is 410 g/mol. The summed E-state index contributed by atoms with van der Waals surface area (Å²) >= 11 is 15.2. The lowest BCUT2D eigenvalue weighted by atomic mass is 10.2. The van der Waals surface area contributed by atoms with Crippen LogP contribution in [-0.4, -0.2) is 13.4 Å². The molecular weight excluding hydrogens is 399 g/mol. The van der Waals surface area contributed by atoms with Crippen molar-refractivity contribution in [3.63, 3.8) is 0 Å². The topological polar surface area (TPSA) is 59.1 Å². The van der Waals surface area contributed by atoms with E-state index in [0.717, 1.165) is 11.1 Å². The molecule has 1 aromatic heterocycles. The second-order valence-electron chi connectivity index (χ2n) is 4.33. The molecule has 4 nitrogen and oxygen atoms in total. The number of benzene rings is 1. The molecule has 0 unspecified atom stereocenters. The van der Waals surface area contributed by atoms with Crippen molar-refractivity contribution in [2.24, 2.45) is 0 Å². The van der Waals surface area contributed by atoms with Crippen LogP contribution in [0.15, 0.2) is 40.0 Å². The third kappa shape index (κ3) is 3.96. The number of hydrogen-bond acceptors (Lipinski definition) is 3. The maximum atomic E-state index is 12.4. The van der Waals surface area contributed by atoms with Crippen molar-refractivity contribution in [1.82, 2.24) is 9.71 Å². The highest BCUT2D eigenvalue weighted by molar-refractivity contribution is 9.10. The summed E-state index contributed by atoms with van der Waals surface area (Å²) in [6.45, 7) is 2.00. The Morgan fingerprint density at radius 3 is 2.48 bits per heavy atom. The van der Waals surface area contributed by atoms with Crippen LogP contribution >= 0.6 is 39.1 Å². The number of nitrogens with one attached hydrogen (secondary N) is 1. The lowest BCUT2D eigenvalue weighted by Crippen LogP contribution is -2.24. The molecule has 0 saturated heterocycles. The molecule has 1 N–H and O–H groups in total. The van der Waals surface area contributed by atoms with E-state index in [9.17, 15) is 8.42 Å². The first kappa shape index (κ1) is 16.7. The van der Waals surface area contributed by atoms with Crippen molar-refractivity contribution in [3.8, 4) is 0 Å². The molecule has 0 aliphatic heterocycles. The molecule has 0 saturated carbocycles. The molecule has 0 aliphatic rings. The first-order chi connectivity index (χ1) is 9.81. The Hall–Kier alpha value is -0.660. The number of aromatic nitrogens is 1. The van der Waals surface area contributed by atoms with Gasteiger partial charge < -0.3 is 0 Å². The highest BCUT2D eigenvalue weighted by Gasteiger charge is 2.22. The molecular formula is C13H11BrCl2N2O2S. The predicted octanol–water partition coefficient (Wildman–Crippen LogP) is 3.94. The zero-order valence-electron chi connectivity index (χ0n) is 10.9. The molecule has 8 heteroatoms. The Kier molecular flexibility index (Phi) is 5.27. The largest absolute Gasteiger partial charge is 0.264 e. The number of pyridine rings is 1. The van der Waals surface area contributed by atoms with Gasteiger partial charge in [-0.25, -0.2) is 13.1 Å². The summed E-state index contributed by atoms with van der Waals surface area (Å²) in [5.74, 6) is 0. The van der Waals surface area contributed by atoms with Crippen molar-refractivity contribution in [2.75, 3.05) is 0 Å². The predicted molar refractivity (Wildman–Crippen MR) is 87.2 cm³/mol. The monoisotopic (exact) mass is 408 g/mol. The molecule has 0 bridgehead atoms. The summed E-state index contributed by atoms with van der Waals surface area (Å²) in [4.78, 5) is 3.84. The zero-order chi connectivity index (χ0) is 15.6. The molecule has 1 heterocycles. The minimum Gasteiger partial charge on any atom is -0.264 e. The van der Waals surface area contributed by atoms with E-state index >= 15 is 0 Å². The van der Waals surface area contributed by atoms with Crippen LogP contribution in [-0.2, 0) is 16.6 Å². The Labute approximate surface area is 141 Å². The van der Waals surface area contributed by atoms with Crippen molar-refractivity contribution in [1.29, 1.82) is 0 Å². The van der Waals surface area contributed by atoms with E-state index in [1.807, 2.05) is 13.0 Å². The lowest BCUT2D eigenvalue weighted by molar-refractivity contribution is 0.581. The molecule has 2 aromatic rings. The SMILES string of the molecule is Cc1ccncc1CNS(=O)(=O)c1c(Cl)cc(Br)cc1Cl. The van der Waals surface area contributed by atoms with Gasteiger partial charge in [-0.1, -0.05) is 39.1 Å².